The molecule has 0 aromatic heterocycles. The number of hydrogen-bond donors (Lipinski definition) is 3. The summed E-state index contributed by atoms with van der Waals surface area (Å²) in [6.45, 7) is 4.33. The van der Waals surface area contributed by atoms with Crippen LogP contribution in [0.5, 0.6) is 5.75 Å². The van der Waals surface area contributed by atoms with E-state index in [1.54, 1.807) is 18.2 Å². The zero-order chi connectivity index (χ0) is 15.8. The topological polar surface area (TPSA) is 86.6 Å². The first-order valence-electron chi connectivity index (χ1n) is 7.23. The Morgan fingerprint density at radius 2 is 2.00 bits per heavy atom. The van der Waals surface area contributed by atoms with Gasteiger partial charge in [-0.25, -0.2) is 0 Å². The fourth-order valence-electron chi connectivity index (χ4n) is 2.20. The number of phenols is 1. The van der Waals surface area contributed by atoms with Crippen molar-refractivity contribution in [2.24, 2.45) is 5.92 Å². The number of aryl methyl sites for hydroxylation is 1. The molecule has 1 aromatic carbocycles. The van der Waals surface area contributed by atoms with Crippen LogP contribution in [-0.4, -0.2) is 28.6 Å². The number of nitrogens with one attached hydrogen (secondary N) is 1. The van der Waals surface area contributed by atoms with Crippen LogP contribution in [0.2, 0.25) is 0 Å². The van der Waals surface area contributed by atoms with Crippen LogP contribution in [-0.2, 0) is 4.79 Å². The summed E-state index contributed by atoms with van der Waals surface area (Å²) in [5, 5.41) is 21.2. The van der Waals surface area contributed by atoms with Crippen molar-refractivity contribution in [2.45, 2.75) is 39.5 Å². The maximum atomic E-state index is 11.9. The molecule has 1 amide bonds. The number of carboxylic acid groups (broad SMARTS) is 1. The van der Waals surface area contributed by atoms with E-state index in [1.807, 2.05) is 13.8 Å². The molecule has 0 aliphatic carbocycles. The monoisotopic (exact) mass is 293 g/mol. The lowest BCUT2D eigenvalue weighted by atomic mass is 9.96. The molecular weight excluding hydrogens is 270 g/mol. The maximum absolute atomic E-state index is 11.9. The van der Waals surface area contributed by atoms with Gasteiger partial charge in [0.1, 0.15) is 5.75 Å². The van der Waals surface area contributed by atoms with Crippen LogP contribution in [0, 0.1) is 12.8 Å². The summed E-state index contributed by atoms with van der Waals surface area (Å²) in [5.41, 5.74) is 1.16. The minimum atomic E-state index is -0.790. The summed E-state index contributed by atoms with van der Waals surface area (Å²) in [4.78, 5) is 22.5. The molecule has 0 bridgehead atoms. The number of aliphatic carboxylic acids is 1. The Balaban J connectivity index is 2.43. The van der Waals surface area contributed by atoms with E-state index in [0.717, 1.165) is 18.4 Å². The third-order valence-electron chi connectivity index (χ3n) is 3.58. The number of carboxylic acids is 1. The summed E-state index contributed by atoms with van der Waals surface area (Å²) in [7, 11) is 0. The molecule has 5 nitrogen and oxygen atoms in total. The fourth-order valence-corrected chi connectivity index (χ4v) is 2.20. The quantitative estimate of drug-likeness (QED) is 0.688. The zero-order valence-electron chi connectivity index (χ0n) is 12.6. The van der Waals surface area contributed by atoms with Gasteiger partial charge in [-0.2, -0.15) is 0 Å². The second-order valence-corrected chi connectivity index (χ2v) is 5.27. The Morgan fingerprint density at radius 3 is 2.57 bits per heavy atom. The number of benzene rings is 1. The molecule has 0 saturated carbocycles. The summed E-state index contributed by atoms with van der Waals surface area (Å²) in [6.07, 6.45) is 2.41. The largest absolute Gasteiger partial charge is 0.507 e. The molecule has 0 fully saturated rings. The molecule has 1 rings (SSSR count). The summed E-state index contributed by atoms with van der Waals surface area (Å²) in [6, 6.07) is 4.93. The Labute approximate surface area is 125 Å². The fraction of sp³-hybridized carbons (Fsp3) is 0.500. The van der Waals surface area contributed by atoms with Crippen molar-refractivity contribution in [3.8, 4) is 5.75 Å². The minimum Gasteiger partial charge on any atom is -0.507 e. The van der Waals surface area contributed by atoms with Crippen molar-refractivity contribution < 1.29 is 19.8 Å². The van der Waals surface area contributed by atoms with Gasteiger partial charge in [-0.3, -0.25) is 9.59 Å². The van der Waals surface area contributed by atoms with E-state index in [2.05, 4.69) is 5.32 Å². The first-order chi connectivity index (χ1) is 9.93. The first-order valence-corrected chi connectivity index (χ1v) is 7.23. The Hall–Kier alpha value is -2.04. The summed E-state index contributed by atoms with van der Waals surface area (Å²) >= 11 is 0. The van der Waals surface area contributed by atoms with E-state index >= 15 is 0 Å². The van der Waals surface area contributed by atoms with Crippen LogP contribution in [0.3, 0.4) is 0 Å². The predicted molar refractivity (Wildman–Crippen MR) is 80.4 cm³/mol. The highest BCUT2D eigenvalue weighted by molar-refractivity contribution is 5.96. The number of carbonyl (C=O) groups is 2. The summed E-state index contributed by atoms with van der Waals surface area (Å²) < 4.78 is 0. The van der Waals surface area contributed by atoms with Crippen molar-refractivity contribution in [3.05, 3.63) is 29.3 Å². The molecule has 0 radical (unpaired) electrons. The normalized spacial score (nSPS) is 11.9. The molecule has 0 heterocycles. The molecule has 0 saturated heterocycles. The van der Waals surface area contributed by atoms with E-state index in [1.165, 1.54) is 0 Å². The van der Waals surface area contributed by atoms with Crippen molar-refractivity contribution in [2.75, 3.05) is 6.54 Å². The molecule has 3 N–H and O–H groups in total. The van der Waals surface area contributed by atoms with Crippen molar-refractivity contribution in [3.63, 3.8) is 0 Å². The van der Waals surface area contributed by atoms with E-state index < -0.39 is 5.97 Å². The minimum absolute atomic E-state index is 0.0228. The second-order valence-electron chi connectivity index (χ2n) is 5.27. The van der Waals surface area contributed by atoms with Gasteiger partial charge in [-0.05, 0) is 43.4 Å². The van der Waals surface area contributed by atoms with Crippen LogP contribution < -0.4 is 5.32 Å². The SMILES string of the molecule is CCC(CCNC(=O)c1ccc(C)cc1O)CCC(=O)O. The molecule has 0 spiro atoms. The zero-order valence-corrected chi connectivity index (χ0v) is 12.6. The number of phenolic OH excluding ortho intramolecular Hbond substituents is 1. The third kappa shape index (κ3) is 5.85. The van der Waals surface area contributed by atoms with Gasteiger partial charge in [-0.1, -0.05) is 19.4 Å². The Kier molecular flexibility index (Phi) is 6.72. The van der Waals surface area contributed by atoms with Gasteiger partial charge in [0.25, 0.3) is 5.91 Å². The highest BCUT2D eigenvalue weighted by Gasteiger charge is 2.12. The molecule has 5 heteroatoms. The van der Waals surface area contributed by atoms with Crippen LogP contribution in [0.4, 0.5) is 0 Å². The lowest BCUT2D eigenvalue weighted by molar-refractivity contribution is -0.137. The van der Waals surface area contributed by atoms with Gasteiger partial charge in [0.15, 0.2) is 0 Å². The predicted octanol–water partition coefficient (Wildman–Crippen LogP) is 2.71. The Bertz CT molecular complexity index is 499. The van der Waals surface area contributed by atoms with Crippen LogP contribution in [0.15, 0.2) is 18.2 Å². The lowest BCUT2D eigenvalue weighted by Crippen LogP contribution is -2.26. The molecular formula is C16H23NO4. The third-order valence-corrected chi connectivity index (χ3v) is 3.58. The lowest BCUT2D eigenvalue weighted by Gasteiger charge is -2.14. The highest BCUT2D eigenvalue weighted by Crippen LogP contribution is 2.19. The molecule has 1 atom stereocenters. The smallest absolute Gasteiger partial charge is 0.303 e. The maximum Gasteiger partial charge on any atom is 0.303 e. The average Bonchev–Trinajstić information content (AvgIpc) is 2.42. The van der Waals surface area contributed by atoms with E-state index in [4.69, 9.17) is 5.11 Å². The van der Waals surface area contributed by atoms with Crippen LogP contribution in [0.1, 0.15) is 48.5 Å². The van der Waals surface area contributed by atoms with Crippen LogP contribution in [0.25, 0.3) is 0 Å². The number of rotatable bonds is 8. The average molecular weight is 293 g/mol. The van der Waals surface area contributed by atoms with Crippen molar-refractivity contribution in [1.82, 2.24) is 5.32 Å². The van der Waals surface area contributed by atoms with Crippen LogP contribution >= 0.6 is 0 Å². The number of amides is 1. The molecule has 21 heavy (non-hydrogen) atoms. The Morgan fingerprint density at radius 1 is 1.29 bits per heavy atom. The first kappa shape index (κ1) is 17.0. The van der Waals surface area contributed by atoms with E-state index in [0.29, 0.717) is 13.0 Å². The number of aromatic hydroxyl groups is 1. The van der Waals surface area contributed by atoms with Gasteiger partial charge in [-0.15, -0.1) is 0 Å². The van der Waals surface area contributed by atoms with Gasteiger partial charge in [0, 0.05) is 13.0 Å². The van der Waals surface area contributed by atoms with Gasteiger partial charge in [0.2, 0.25) is 0 Å². The van der Waals surface area contributed by atoms with E-state index in [9.17, 15) is 14.7 Å². The standard InChI is InChI=1S/C16H23NO4/c1-3-12(5-7-15(19)20)8-9-17-16(21)13-6-4-11(2)10-14(13)18/h4,6,10,12,18H,3,5,7-9H2,1-2H3,(H,17,21)(H,19,20). The molecule has 116 valence electrons. The highest BCUT2D eigenvalue weighted by atomic mass is 16.4. The summed E-state index contributed by atoms with van der Waals surface area (Å²) in [5.74, 6) is -0.832. The molecule has 1 aromatic rings. The van der Waals surface area contributed by atoms with Crippen molar-refractivity contribution in [1.29, 1.82) is 0 Å². The van der Waals surface area contributed by atoms with Gasteiger partial charge in [0.05, 0.1) is 5.56 Å². The van der Waals surface area contributed by atoms with Gasteiger partial charge < -0.3 is 15.5 Å². The van der Waals surface area contributed by atoms with Gasteiger partial charge >= 0.3 is 5.97 Å². The molecule has 0 aliphatic rings. The van der Waals surface area contributed by atoms with E-state index in [-0.39, 0.29) is 29.6 Å². The van der Waals surface area contributed by atoms with Crippen molar-refractivity contribution >= 4 is 11.9 Å². The molecule has 1 unspecified atom stereocenters. The number of hydrogen-bond acceptors (Lipinski definition) is 3. The number of carbonyl (C=O) groups excluding carboxylic acids is 1. The molecule has 0 aliphatic heterocycles. The second kappa shape index (κ2) is 8.29.